The average molecular weight is 560 g/mol. The summed E-state index contributed by atoms with van der Waals surface area (Å²) in [5.74, 6) is 0.172. The third-order valence-corrected chi connectivity index (χ3v) is 7.77. The Bertz CT molecular complexity index is 1460. The van der Waals surface area contributed by atoms with Crippen molar-refractivity contribution in [2.24, 2.45) is 4.99 Å². The molecule has 0 bridgehead atoms. The van der Waals surface area contributed by atoms with Crippen LogP contribution in [-0.2, 0) is 9.53 Å². The molecule has 0 unspecified atom stereocenters. The standard InChI is InChI=1S/C25H23BrN2O4S2/c1-5-32-24(30)21-14(2)27-25-28(22(21)16-8-11-19(31-3)18(26)13-16)23(29)20(34-25)12-15-6-9-17(33-4)10-7-15/h6-13,22H,5H2,1-4H3/t22-/m1/s1. The van der Waals surface area contributed by atoms with Crippen molar-refractivity contribution in [1.29, 1.82) is 0 Å². The molecule has 2 aromatic carbocycles. The first kappa shape index (κ1) is 24.5. The lowest BCUT2D eigenvalue weighted by Gasteiger charge is -2.25. The van der Waals surface area contributed by atoms with Gasteiger partial charge in [-0.2, -0.15) is 0 Å². The zero-order chi connectivity index (χ0) is 24.4. The minimum absolute atomic E-state index is 0.205. The molecule has 1 aliphatic rings. The molecule has 9 heteroatoms. The Labute approximate surface area is 213 Å². The Morgan fingerprint density at radius 2 is 2.00 bits per heavy atom. The number of carbonyl (C=O) groups excluding carboxylic acids is 1. The molecule has 2 heterocycles. The molecule has 3 aromatic rings. The maximum atomic E-state index is 13.6. The van der Waals surface area contributed by atoms with Crippen LogP contribution in [0.2, 0.25) is 0 Å². The fourth-order valence-corrected chi connectivity index (χ4v) is 5.82. The zero-order valence-electron chi connectivity index (χ0n) is 19.1. The SMILES string of the molecule is CCOC(=O)C1=C(C)N=c2sc(=Cc3ccc(SC)cc3)c(=O)n2[C@@H]1c1ccc(OC)c(Br)c1. The number of esters is 1. The van der Waals surface area contributed by atoms with Crippen LogP contribution in [0.4, 0.5) is 0 Å². The van der Waals surface area contributed by atoms with Crippen molar-refractivity contribution in [1.82, 2.24) is 4.57 Å². The number of thioether (sulfide) groups is 1. The summed E-state index contributed by atoms with van der Waals surface area (Å²) in [5.41, 5.74) is 2.36. The van der Waals surface area contributed by atoms with Gasteiger partial charge in [0.25, 0.3) is 5.56 Å². The Hall–Kier alpha value is -2.62. The first-order chi connectivity index (χ1) is 16.4. The van der Waals surface area contributed by atoms with Gasteiger partial charge in [-0.15, -0.1) is 11.8 Å². The molecule has 0 fully saturated rings. The number of benzene rings is 2. The van der Waals surface area contributed by atoms with Gasteiger partial charge in [0.05, 0.1) is 40.0 Å². The maximum absolute atomic E-state index is 13.6. The molecule has 4 rings (SSSR count). The molecular weight excluding hydrogens is 536 g/mol. The van der Waals surface area contributed by atoms with Crippen LogP contribution in [0.25, 0.3) is 6.08 Å². The topological polar surface area (TPSA) is 69.9 Å². The second-order valence-corrected chi connectivity index (χ2v) is 10.2. The van der Waals surface area contributed by atoms with Crippen LogP contribution in [0, 0.1) is 0 Å². The number of hydrogen-bond donors (Lipinski definition) is 0. The van der Waals surface area contributed by atoms with E-state index < -0.39 is 12.0 Å². The van der Waals surface area contributed by atoms with E-state index in [9.17, 15) is 9.59 Å². The quantitative estimate of drug-likeness (QED) is 0.333. The van der Waals surface area contributed by atoms with Gasteiger partial charge in [-0.1, -0.05) is 29.5 Å². The first-order valence-corrected chi connectivity index (χ1v) is 13.4. The Morgan fingerprint density at radius 3 is 2.62 bits per heavy atom. The molecule has 1 aliphatic heterocycles. The van der Waals surface area contributed by atoms with Gasteiger partial charge >= 0.3 is 5.97 Å². The second-order valence-electron chi connectivity index (χ2n) is 7.47. The van der Waals surface area contributed by atoms with Crippen LogP contribution in [0.5, 0.6) is 5.75 Å². The number of hydrogen-bond acceptors (Lipinski definition) is 7. The van der Waals surface area contributed by atoms with Crippen molar-refractivity contribution in [3.63, 3.8) is 0 Å². The summed E-state index contributed by atoms with van der Waals surface area (Å²) in [6, 6.07) is 12.9. The van der Waals surface area contributed by atoms with Crippen LogP contribution in [0.15, 0.2) is 72.9 Å². The lowest BCUT2D eigenvalue weighted by atomic mass is 9.96. The van der Waals surface area contributed by atoms with Gasteiger partial charge < -0.3 is 9.47 Å². The van der Waals surface area contributed by atoms with Crippen LogP contribution in [0.1, 0.15) is 31.0 Å². The highest BCUT2D eigenvalue weighted by Crippen LogP contribution is 2.35. The van der Waals surface area contributed by atoms with Crippen molar-refractivity contribution >= 4 is 51.1 Å². The molecule has 0 amide bonds. The third kappa shape index (κ3) is 4.64. The molecule has 1 atom stereocenters. The van der Waals surface area contributed by atoms with Gasteiger partial charge in [-0.05, 0) is 77.5 Å². The number of halogens is 1. The number of nitrogens with zero attached hydrogens (tertiary/aromatic N) is 2. The number of carbonyl (C=O) groups is 1. The molecular formula is C25H23BrN2O4S2. The highest BCUT2D eigenvalue weighted by atomic mass is 79.9. The molecule has 0 radical (unpaired) electrons. The molecule has 0 aliphatic carbocycles. The lowest BCUT2D eigenvalue weighted by molar-refractivity contribution is -0.139. The van der Waals surface area contributed by atoms with E-state index >= 15 is 0 Å². The van der Waals surface area contributed by atoms with Gasteiger partial charge in [0.15, 0.2) is 4.80 Å². The maximum Gasteiger partial charge on any atom is 0.338 e. The summed E-state index contributed by atoms with van der Waals surface area (Å²) < 4.78 is 13.6. The van der Waals surface area contributed by atoms with E-state index in [2.05, 4.69) is 20.9 Å². The number of rotatable bonds is 6. The predicted molar refractivity (Wildman–Crippen MR) is 139 cm³/mol. The molecule has 1 aromatic heterocycles. The lowest BCUT2D eigenvalue weighted by Crippen LogP contribution is -2.39. The second kappa shape index (κ2) is 10.3. The summed E-state index contributed by atoms with van der Waals surface area (Å²) >= 11 is 6.49. The number of aromatic nitrogens is 1. The van der Waals surface area contributed by atoms with Crippen molar-refractivity contribution < 1.29 is 14.3 Å². The molecule has 0 saturated carbocycles. The van der Waals surface area contributed by atoms with E-state index in [-0.39, 0.29) is 12.2 Å². The number of thiazole rings is 1. The van der Waals surface area contributed by atoms with Crippen molar-refractivity contribution in [3.8, 4) is 5.75 Å². The fraction of sp³-hybridized carbons (Fsp3) is 0.240. The van der Waals surface area contributed by atoms with E-state index in [0.29, 0.717) is 26.4 Å². The Kier molecular flexibility index (Phi) is 7.45. The van der Waals surface area contributed by atoms with Crippen molar-refractivity contribution in [3.05, 3.63) is 89.0 Å². The van der Waals surface area contributed by atoms with Crippen LogP contribution >= 0.6 is 39.0 Å². The number of ether oxygens (including phenoxy) is 2. The molecule has 6 nitrogen and oxygen atoms in total. The van der Waals surface area contributed by atoms with Crippen LogP contribution < -0.4 is 19.6 Å². The van der Waals surface area contributed by atoms with Crippen LogP contribution in [0.3, 0.4) is 0 Å². The van der Waals surface area contributed by atoms with Gasteiger partial charge in [-0.3, -0.25) is 9.36 Å². The monoisotopic (exact) mass is 558 g/mol. The average Bonchev–Trinajstić information content (AvgIpc) is 3.13. The fourth-order valence-electron chi connectivity index (χ4n) is 3.81. The van der Waals surface area contributed by atoms with Gasteiger partial charge in [0, 0.05) is 4.90 Å². The number of allylic oxidation sites excluding steroid dienone is 1. The van der Waals surface area contributed by atoms with E-state index in [1.54, 1.807) is 43.4 Å². The highest BCUT2D eigenvalue weighted by molar-refractivity contribution is 9.10. The largest absolute Gasteiger partial charge is 0.496 e. The molecule has 0 spiro atoms. The molecule has 176 valence electrons. The summed E-state index contributed by atoms with van der Waals surface area (Å²) in [7, 11) is 1.59. The first-order valence-electron chi connectivity index (χ1n) is 10.5. The third-order valence-electron chi connectivity index (χ3n) is 5.42. The normalized spacial score (nSPS) is 15.7. The smallest absolute Gasteiger partial charge is 0.338 e. The molecule has 0 N–H and O–H groups in total. The zero-order valence-corrected chi connectivity index (χ0v) is 22.3. The minimum Gasteiger partial charge on any atom is -0.496 e. The molecule has 0 saturated heterocycles. The van der Waals surface area contributed by atoms with E-state index in [4.69, 9.17) is 9.47 Å². The summed E-state index contributed by atoms with van der Waals surface area (Å²) in [4.78, 5) is 32.9. The van der Waals surface area contributed by atoms with Gasteiger partial charge in [-0.25, -0.2) is 9.79 Å². The minimum atomic E-state index is -0.668. The number of methoxy groups -OCH3 is 1. The summed E-state index contributed by atoms with van der Waals surface area (Å²) in [6.45, 7) is 3.76. The van der Waals surface area contributed by atoms with Crippen molar-refractivity contribution in [2.75, 3.05) is 20.0 Å². The predicted octanol–water partition coefficient (Wildman–Crippen LogP) is 4.29. The van der Waals surface area contributed by atoms with E-state index in [0.717, 1.165) is 20.5 Å². The highest BCUT2D eigenvalue weighted by Gasteiger charge is 2.33. The summed E-state index contributed by atoms with van der Waals surface area (Å²) in [6.07, 6.45) is 3.88. The van der Waals surface area contributed by atoms with E-state index in [1.165, 1.54) is 11.3 Å². The van der Waals surface area contributed by atoms with E-state index in [1.807, 2.05) is 48.7 Å². The van der Waals surface area contributed by atoms with Gasteiger partial charge in [0.1, 0.15) is 5.75 Å². The summed E-state index contributed by atoms with van der Waals surface area (Å²) in [5, 5.41) is 0. The van der Waals surface area contributed by atoms with Crippen molar-refractivity contribution in [2.45, 2.75) is 24.8 Å². The Morgan fingerprint density at radius 1 is 1.26 bits per heavy atom. The van der Waals surface area contributed by atoms with Crippen LogP contribution in [-0.4, -0.2) is 30.5 Å². The Balaban J connectivity index is 1.93. The molecule has 34 heavy (non-hydrogen) atoms. The number of fused-ring (bicyclic) bond motifs is 1. The van der Waals surface area contributed by atoms with Gasteiger partial charge in [0.2, 0.25) is 0 Å².